The standard InChI is InChI=1S/C15H23ClN2O/c1-11(17)15(13-4-2-3-5-14(13)16)18-8-6-12(10-19)7-9-18/h2-5,11-12,15,19H,6-10,17H2,1H3. The van der Waals surface area contributed by atoms with Gasteiger partial charge in [0.05, 0.1) is 6.04 Å². The third-order valence-electron chi connectivity index (χ3n) is 4.02. The Morgan fingerprint density at radius 3 is 2.53 bits per heavy atom. The zero-order valence-electron chi connectivity index (χ0n) is 11.4. The lowest BCUT2D eigenvalue weighted by atomic mass is 9.92. The molecule has 0 amide bonds. The molecule has 0 aliphatic carbocycles. The van der Waals surface area contributed by atoms with E-state index in [1.165, 1.54) is 0 Å². The Morgan fingerprint density at radius 2 is 2.00 bits per heavy atom. The van der Waals surface area contributed by atoms with E-state index in [-0.39, 0.29) is 12.1 Å². The molecule has 0 aromatic heterocycles. The second-order valence-corrected chi connectivity index (χ2v) is 5.89. The lowest BCUT2D eigenvalue weighted by Crippen LogP contribution is -2.44. The Hall–Kier alpha value is -0.610. The quantitative estimate of drug-likeness (QED) is 0.892. The van der Waals surface area contributed by atoms with Gasteiger partial charge in [0.1, 0.15) is 0 Å². The van der Waals surface area contributed by atoms with Crippen molar-refractivity contribution in [2.45, 2.75) is 31.8 Å². The van der Waals surface area contributed by atoms with Gasteiger partial charge in [-0.1, -0.05) is 29.8 Å². The van der Waals surface area contributed by atoms with Crippen LogP contribution in [0.25, 0.3) is 0 Å². The molecular weight excluding hydrogens is 260 g/mol. The Morgan fingerprint density at radius 1 is 1.37 bits per heavy atom. The SMILES string of the molecule is CC(N)C(c1ccccc1Cl)N1CCC(CO)CC1. The molecule has 2 atom stereocenters. The van der Waals surface area contributed by atoms with Gasteiger partial charge >= 0.3 is 0 Å². The van der Waals surface area contributed by atoms with Crippen molar-refractivity contribution < 1.29 is 5.11 Å². The highest BCUT2D eigenvalue weighted by atomic mass is 35.5. The summed E-state index contributed by atoms with van der Waals surface area (Å²) in [5.74, 6) is 0.441. The maximum Gasteiger partial charge on any atom is 0.0511 e. The smallest absolute Gasteiger partial charge is 0.0511 e. The van der Waals surface area contributed by atoms with Crippen molar-refractivity contribution in [1.29, 1.82) is 0 Å². The van der Waals surface area contributed by atoms with Gasteiger partial charge in [-0.15, -0.1) is 0 Å². The molecule has 1 aromatic carbocycles. The molecule has 1 saturated heterocycles. The maximum absolute atomic E-state index is 9.22. The Balaban J connectivity index is 2.16. The number of halogens is 1. The number of piperidine rings is 1. The molecule has 1 aliphatic heterocycles. The number of rotatable bonds is 4. The second-order valence-electron chi connectivity index (χ2n) is 5.49. The van der Waals surface area contributed by atoms with Gasteiger partial charge in [-0.2, -0.15) is 0 Å². The van der Waals surface area contributed by atoms with Crippen LogP contribution in [-0.4, -0.2) is 35.7 Å². The third-order valence-corrected chi connectivity index (χ3v) is 4.37. The average Bonchev–Trinajstić information content (AvgIpc) is 2.42. The second kappa shape index (κ2) is 6.71. The highest BCUT2D eigenvalue weighted by Gasteiger charge is 2.29. The van der Waals surface area contributed by atoms with Gasteiger partial charge in [0.25, 0.3) is 0 Å². The number of nitrogens with zero attached hydrogens (tertiary/aromatic N) is 1. The Bertz CT molecular complexity index is 403. The molecule has 0 spiro atoms. The van der Waals surface area contributed by atoms with Gasteiger partial charge < -0.3 is 10.8 Å². The predicted molar refractivity (Wildman–Crippen MR) is 79.2 cm³/mol. The first-order valence-electron chi connectivity index (χ1n) is 6.98. The summed E-state index contributed by atoms with van der Waals surface area (Å²) in [6, 6.07) is 8.14. The summed E-state index contributed by atoms with van der Waals surface area (Å²) >= 11 is 6.32. The minimum Gasteiger partial charge on any atom is -0.396 e. The summed E-state index contributed by atoms with van der Waals surface area (Å²) in [7, 11) is 0. The van der Waals surface area contributed by atoms with Gasteiger partial charge in [0.2, 0.25) is 0 Å². The number of nitrogens with two attached hydrogens (primary N) is 1. The fourth-order valence-corrected chi connectivity index (χ4v) is 3.19. The molecule has 3 nitrogen and oxygen atoms in total. The maximum atomic E-state index is 9.22. The van der Waals surface area contributed by atoms with Crippen LogP contribution in [0.5, 0.6) is 0 Å². The van der Waals surface area contributed by atoms with Crippen LogP contribution in [0.4, 0.5) is 0 Å². The summed E-state index contributed by atoms with van der Waals surface area (Å²) in [6.07, 6.45) is 2.06. The first-order chi connectivity index (χ1) is 9.13. The zero-order valence-corrected chi connectivity index (χ0v) is 12.2. The molecular formula is C15H23ClN2O. The Labute approximate surface area is 120 Å². The minimum absolute atomic E-state index is 0.0329. The van der Waals surface area contributed by atoms with Crippen LogP contribution in [0.3, 0.4) is 0 Å². The van der Waals surface area contributed by atoms with Gasteiger partial charge in [0, 0.05) is 17.7 Å². The highest BCUT2D eigenvalue weighted by Crippen LogP contribution is 2.32. The van der Waals surface area contributed by atoms with E-state index >= 15 is 0 Å². The molecule has 2 rings (SSSR count). The average molecular weight is 283 g/mol. The van der Waals surface area contributed by atoms with Crippen molar-refractivity contribution in [3.05, 3.63) is 34.9 Å². The summed E-state index contributed by atoms with van der Waals surface area (Å²) in [6.45, 7) is 4.28. The van der Waals surface area contributed by atoms with Crippen molar-refractivity contribution in [3.8, 4) is 0 Å². The number of hydrogen-bond donors (Lipinski definition) is 2. The normalized spacial score (nSPS) is 21.3. The van der Waals surface area contributed by atoms with Gasteiger partial charge in [0.15, 0.2) is 0 Å². The van der Waals surface area contributed by atoms with E-state index in [2.05, 4.69) is 11.0 Å². The minimum atomic E-state index is 0.0329. The molecule has 0 bridgehead atoms. The first kappa shape index (κ1) is 14.8. The molecule has 0 radical (unpaired) electrons. The fraction of sp³-hybridized carbons (Fsp3) is 0.600. The summed E-state index contributed by atoms with van der Waals surface area (Å²) in [5, 5.41) is 10.0. The van der Waals surface area contributed by atoms with E-state index in [0.29, 0.717) is 12.5 Å². The summed E-state index contributed by atoms with van der Waals surface area (Å²) in [4.78, 5) is 2.40. The summed E-state index contributed by atoms with van der Waals surface area (Å²) < 4.78 is 0. The van der Waals surface area contributed by atoms with Crippen molar-refractivity contribution in [1.82, 2.24) is 4.90 Å². The molecule has 106 valence electrons. The van der Waals surface area contributed by atoms with Crippen LogP contribution in [0.2, 0.25) is 5.02 Å². The van der Waals surface area contributed by atoms with Crippen LogP contribution < -0.4 is 5.73 Å². The van der Waals surface area contributed by atoms with Crippen molar-refractivity contribution in [2.24, 2.45) is 11.7 Å². The molecule has 1 aliphatic rings. The van der Waals surface area contributed by atoms with Crippen LogP contribution in [0.15, 0.2) is 24.3 Å². The number of benzene rings is 1. The lowest BCUT2D eigenvalue weighted by molar-refractivity contribution is 0.0915. The number of likely N-dealkylation sites (tertiary alicyclic amines) is 1. The first-order valence-corrected chi connectivity index (χ1v) is 7.36. The molecule has 3 N–H and O–H groups in total. The number of aliphatic hydroxyl groups is 1. The van der Waals surface area contributed by atoms with E-state index in [4.69, 9.17) is 17.3 Å². The molecule has 1 heterocycles. The fourth-order valence-electron chi connectivity index (χ4n) is 2.94. The van der Waals surface area contributed by atoms with Crippen LogP contribution in [0.1, 0.15) is 31.4 Å². The lowest BCUT2D eigenvalue weighted by Gasteiger charge is -2.39. The zero-order chi connectivity index (χ0) is 13.8. The van der Waals surface area contributed by atoms with Gasteiger partial charge in [-0.25, -0.2) is 0 Å². The van der Waals surface area contributed by atoms with E-state index in [0.717, 1.165) is 36.5 Å². The van der Waals surface area contributed by atoms with Crippen molar-refractivity contribution >= 4 is 11.6 Å². The molecule has 1 fully saturated rings. The molecule has 1 aromatic rings. The van der Waals surface area contributed by atoms with E-state index in [9.17, 15) is 5.11 Å². The monoisotopic (exact) mass is 282 g/mol. The third kappa shape index (κ3) is 3.48. The van der Waals surface area contributed by atoms with Gasteiger partial charge in [-0.05, 0) is 50.4 Å². The topological polar surface area (TPSA) is 49.5 Å². The number of aliphatic hydroxyl groups excluding tert-OH is 1. The van der Waals surface area contributed by atoms with E-state index in [1.54, 1.807) is 0 Å². The van der Waals surface area contributed by atoms with Crippen molar-refractivity contribution in [3.63, 3.8) is 0 Å². The number of hydrogen-bond acceptors (Lipinski definition) is 3. The van der Waals surface area contributed by atoms with E-state index in [1.807, 2.05) is 25.1 Å². The van der Waals surface area contributed by atoms with E-state index < -0.39 is 0 Å². The van der Waals surface area contributed by atoms with Crippen LogP contribution in [-0.2, 0) is 0 Å². The van der Waals surface area contributed by atoms with Gasteiger partial charge in [-0.3, -0.25) is 4.90 Å². The van der Waals surface area contributed by atoms with Crippen molar-refractivity contribution in [2.75, 3.05) is 19.7 Å². The largest absolute Gasteiger partial charge is 0.396 e. The predicted octanol–water partition coefficient (Wildman–Crippen LogP) is 2.43. The molecule has 2 unspecified atom stereocenters. The van der Waals surface area contributed by atoms with Crippen LogP contribution >= 0.6 is 11.6 Å². The molecule has 19 heavy (non-hydrogen) atoms. The molecule has 0 saturated carbocycles. The Kier molecular flexibility index (Phi) is 5.22. The highest BCUT2D eigenvalue weighted by molar-refractivity contribution is 6.31. The molecule has 4 heteroatoms. The van der Waals surface area contributed by atoms with Crippen LogP contribution in [0, 0.1) is 5.92 Å². The summed E-state index contributed by atoms with van der Waals surface area (Å²) in [5.41, 5.74) is 7.30.